The molecular formula is C13H16O3. The zero-order valence-electron chi connectivity index (χ0n) is 10.00. The maximum atomic E-state index is 12.0. The van der Waals surface area contributed by atoms with Gasteiger partial charge in [-0.05, 0) is 44.9 Å². The highest BCUT2D eigenvalue weighted by Gasteiger charge is 2.36. The fourth-order valence-corrected chi connectivity index (χ4v) is 1.34. The van der Waals surface area contributed by atoms with Crippen molar-refractivity contribution in [2.45, 2.75) is 27.7 Å². The van der Waals surface area contributed by atoms with Crippen molar-refractivity contribution in [3.63, 3.8) is 0 Å². The number of ketones is 1. The minimum absolute atomic E-state index is 0.358. The summed E-state index contributed by atoms with van der Waals surface area (Å²) in [5.74, 6) is -1.46. The third-order valence-electron chi connectivity index (χ3n) is 2.87. The molecule has 0 unspecified atom stereocenters. The predicted octanol–water partition coefficient (Wildman–Crippen LogP) is 2.60. The molecule has 0 radical (unpaired) electrons. The summed E-state index contributed by atoms with van der Waals surface area (Å²) in [4.78, 5) is 23.0. The molecule has 0 aliphatic carbocycles. The number of aryl methyl sites for hydroxylation is 2. The third-order valence-corrected chi connectivity index (χ3v) is 2.87. The van der Waals surface area contributed by atoms with Crippen LogP contribution in [-0.2, 0) is 4.79 Å². The summed E-state index contributed by atoms with van der Waals surface area (Å²) >= 11 is 0. The van der Waals surface area contributed by atoms with Crippen LogP contribution in [0.5, 0.6) is 0 Å². The number of carboxylic acid groups (broad SMARTS) is 1. The van der Waals surface area contributed by atoms with Crippen LogP contribution in [0.2, 0.25) is 0 Å². The van der Waals surface area contributed by atoms with E-state index in [0.29, 0.717) is 5.56 Å². The number of Topliss-reactive ketones (excluding diaryl/α,β-unsaturated/α-hetero) is 1. The summed E-state index contributed by atoms with van der Waals surface area (Å²) in [6.45, 7) is 6.70. The van der Waals surface area contributed by atoms with Crippen LogP contribution in [0.25, 0.3) is 0 Å². The summed E-state index contributed by atoms with van der Waals surface area (Å²) in [6, 6.07) is 5.25. The van der Waals surface area contributed by atoms with Gasteiger partial charge >= 0.3 is 5.97 Å². The van der Waals surface area contributed by atoms with Gasteiger partial charge in [0.2, 0.25) is 0 Å². The number of carboxylic acids is 1. The monoisotopic (exact) mass is 220 g/mol. The van der Waals surface area contributed by atoms with Crippen LogP contribution < -0.4 is 0 Å². The molecule has 1 aromatic rings. The van der Waals surface area contributed by atoms with Crippen LogP contribution in [0.3, 0.4) is 0 Å². The molecule has 16 heavy (non-hydrogen) atoms. The smallest absolute Gasteiger partial charge is 0.316 e. The molecule has 0 aliphatic rings. The van der Waals surface area contributed by atoms with Gasteiger partial charge in [0.25, 0.3) is 0 Å². The van der Waals surface area contributed by atoms with Crippen LogP contribution in [-0.4, -0.2) is 16.9 Å². The minimum atomic E-state index is -1.37. The zero-order valence-corrected chi connectivity index (χ0v) is 10.00. The Balaban J connectivity index is 3.15. The van der Waals surface area contributed by atoms with Crippen molar-refractivity contribution in [1.82, 2.24) is 0 Å². The molecule has 0 aliphatic heterocycles. The van der Waals surface area contributed by atoms with Crippen molar-refractivity contribution >= 4 is 11.8 Å². The second-order valence-electron chi connectivity index (χ2n) is 4.56. The average molecular weight is 220 g/mol. The molecule has 0 amide bonds. The van der Waals surface area contributed by atoms with Gasteiger partial charge in [0.1, 0.15) is 5.41 Å². The number of rotatable bonds is 3. The molecule has 3 nitrogen and oxygen atoms in total. The summed E-state index contributed by atoms with van der Waals surface area (Å²) in [6.07, 6.45) is 0. The molecule has 0 spiro atoms. The minimum Gasteiger partial charge on any atom is -0.481 e. The Hall–Kier alpha value is -1.64. The number of hydrogen-bond donors (Lipinski definition) is 1. The van der Waals surface area contributed by atoms with E-state index in [1.807, 2.05) is 19.9 Å². The van der Waals surface area contributed by atoms with Gasteiger partial charge < -0.3 is 5.11 Å². The van der Waals surface area contributed by atoms with Gasteiger partial charge in [-0.1, -0.05) is 12.1 Å². The van der Waals surface area contributed by atoms with Gasteiger partial charge in [-0.2, -0.15) is 0 Å². The first-order chi connectivity index (χ1) is 7.26. The molecular weight excluding hydrogens is 204 g/mol. The van der Waals surface area contributed by atoms with Crippen molar-refractivity contribution in [1.29, 1.82) is 0 Å². The maximum Gasteiger partial charge on any atom is 0.316 e. The van der Waals surface area contributed by atoms with Crippen LogP contribution in [0.15, 0.2) is 18.2 Å². The Morgan fingerprint density at radius 1 is 1.12 bits per heavy atom. The number of benzene rings is 1. The van der Waals surface area contributed by atoms with Crippen LogP contribution >= 0.6 is 0 Å². The molecule has 3 heteroatoms. The number of carbonyl (C=O) groups excluding carboxylic acids is 1. The highest BCUT2D eigenvalue weighted by molar-refractivity contribution is 6.11. The average Bonchev–Trinajstić information content (AvgIpc) is 2.20. The van der Waals surface area contributed by atoms with Gasteiger partial charge in [0.05, 0.1) is 0 Å². The van der Waals surface area contributed by atoms with E-state index in [1.54, 1.807) is 12.1 Å². The van der Waals surface area contributed by atoms with Gasteiger partial charge in [-0.25, -0.2) is 0 Å². The predicted molar refractivity (Wildman–Crippen MR) is 61.7 cm³/mol. The molecule has 1 N–H and O–H groups in total. The Morgan fingerprint density at radius 3 is 2.12 bits per heavy atom. The molecule has 0 aromatic heterocycles. The molecule has 0 bridgehead atoms. The van der Waals surface area contributed by atoms with Crippen molar-refractivity contribution < 1.29 is 14.7 Å². The van der Waals surface area contributed by atoms with Gasteiger partial charge in [-0.15, -0.1) is 0 Å². The summed E-state index contributed by atoms with van der Waals surface area (Å²) < 4.78 is 0. The fraction of sp³-hybridized carbons (Fsp3) is 0.385. The first kappa shape index (κ1) is 12.4. The first-order valence-corrected chi connectivity index (χ1v) is 5.12. The Morgan fingerprint density at radius 2 is 1.69 bits per heavy atom. The van der Waals surface area contributed by atoms with Crippen LogP contribution in [0.1, 0.15) is 35.3 Å². The summed E-state index contributed by atoms with van der Waals surface area (Å²) in [5, 5.41) is 8.98. The molecule has 0 saturated heterocycles. The van der Waals surface area contributed by atoms with E-state index in [1.165, 1.54) is 13.8 Å². The number of hydrogen-bond acceptors (Lipinski definition) is 2. The molecule has 0 saturated carbocycles. The molecule has 86 valence electrons. The van der Waals surface area contributed by atoms with E-state index in [-0.39, 0.29) is 5.78 Å². The SMILES string of the molecule is Cc1ccc(C(=O)C(C)(C)C(=O)O)cc1C. The molecule has 0 atom stereocenters. The molecule has 0 heterocycles. The summed E-state index contributed by atoms with van der Waals surface area (Å²) in [7, 11) is 0. The lowest BCUT2D eigenvalue weighted by molar-refractivity contribution is -0.144. The third kappa shape index (κ3) is 2.13. The maximum absolute atomic E-state index is 12.0. The zero-order chi connectivity index (χ0) is 12.5. The lowest BCUT2D eigenvalue weighted by atomic mass is 9.84. The van der Waals surface area contributed by atoms with E-state index in [0.717, 1.165) is 11.1 Å². The largest absolute Gasteiger partial charge is 0.481 e. The molecule has 1 aromatic carbocycles. The second-order valence-corrected chi connectivity index (χ2v) is 4.56. The van der Waals surface area contributed by atoms with Crippen molar-refractivity contribution in [3.05, 3.63) is 34.9 Å². The van der Waals surface area contributed by atoms with Gasteiger partial charge in [0.15, 0.2) is 5.78 Å². The topological polar surface area (TPSA) is 54.4 Å². The lowest BCUT2D eigenvalue weighted by Gasteiger charge is -2.18. The molecule has 0 fully saturated rings. The fourth-order valence-electron chi connectivity index (χ4n) is 1.34. The van der Waals surface area contributed by atoms with E-state index in [4.69, 9.17) is 5.11 Å². The van der Waals surface area contributed by atoms with E-state index < -0.39 is 11.4 Å². The Bertz CT molecular complexity index is 444. The normalized spacial score (nSPS) is 11.2. The van der Waals surface area contributed by atoms with Crippen molar-refractivity contribution in [2.24, 2.45) is 5.41 Å². The highest BCUT2D eigenvalue weighted by Crippen LogP contribution is 2.23. The van der Waals surface area contributed by atoms with Crippen LogP contribution in [0, 0.1) is 19.3 Å². The van der Waals surface area contributed by atoms with Gasteiger partial charge in [0, 0.05) is 5.56 Å². The van der Waals surface area contributed by atoms with Crippen molar-refractivity contribution in [2.75, 3.05) is 0 Å². The Labute approximate surface area is 95.1 Å². The first-order valence-electron chi connectivity index (χ1n) is 5.12. The van der Waals surface area contributed by atoms with Crippen LogP contribution in [0.4, 0.5) is 0 Å². The van der Waals surface area contributed by atoms with Gasteiger partial charge in [-0.3, -0.25) is 9.59 Å². The van der Waals surface area contributed by atoms with Crippen molar-refractivity contribution in [3.8, 4) is 0 Å². The second kappa shape index (κ2) is 4.08. The summed E-state index contributed by atoms with van der Waals surface area (Å²) in [5.41, 5.74) is 1.16. The quantitative estimate of drug-likeness (QED) is 0.629. The van der Waals surface area contributed by atoms with E-state index in [9.17, 15) is 9.59 Å². The Kier molecular flexibility index (Phi) is 3.17. The van der Waals surface area contributed by atoms with E-state index >= 15 is 0 Å². The highest BCUT2D eigenvalue weighted by atomic mass is 16.4. The number of carbonyl (C=O) groups is 2. The molecule has 1 rings (SSSR count). The standard InChI is InChI=1S/C13H16O3/c1-8-5-6-10(7-9(8)2)11(14)13(3,4)12(15)16/h5-7H,1-4H3,(H,15,16). The number of aliphatic carboxylic acids is 1. The lowest BCUT2D eigenvalue weighted by Crippen LogP contribution is -2.33. The van der Waals surface area contributed by atoms with E-state index in [2.05, 4.69) is 0 Å².